The minimum absolute atomic E-state index is 0.0727. The van der Waals surface area contributed by atoms with E-state index >= 15 is 0 Å². The Hall–Kier alpha value is -0.410. The molecule has 1 atom stereocenters. The molecule has 0 aromatic rings. The molecule has 0 radical (unpaired) electrons. The fourth-order valence-corrected chi connectivity index (χ4v) is 2.01. The molecule has 1 saturated carbocycles. The smallest absolute Gasteiger partial charge is 0.131 e. The third kappa shape index (κ3) is 3.39. The Kier molecular flexibility index (Phi) is 4.08. The van der Waals surface area contributed by atoms with E-state index in [-0.39, 0.29) is 11.9 Å². The first kappa shape index (κ1) is 11.7. The van der Waals surface area contributed by atoms with E-state index in [9.17, 15) is 4.79 Å². The summed E-state index contributed by atoms with van der Waals surface area (Å²) < 4.78 is 0. The number of ketones is 1. The van der Waals surface area contributed by atoms with Crippen molar-refractivity contribution in [1.29, 1.82) is 0 Å². The first-order valence-electron chi connectivity index (χ1n) is 5.36. The summed E-state index contributed by atoms with van der Waals surface area (Å²) in [5, 5.41) is 9.14. The van der Waals surface area contributed by atoms with Gasteiger partial charge in [-0.2, -0.15) is 0 Å². The molecule has 1 fully saturated rings. The first-order valence-corrected chi connectivity index (χ1v) is 5.36. The average molecular weight is 199 g/mol. The van der Waals surface area contributed by atoms with Crippen molar-refractivity contribution in [3.05, 3.63) is 0 Å². The number of Topliss-reactive ketones (excluding diaryl/α,β-unsaturated/α-hetero) is 1. The number of aliphatic hydroxyl groups excluding tert-OH is 1. The van der Waals surface area contributed by atoms with E-state index in [1.807, 2.05) is 0 Å². The molecular weight excluding hydrogens is 178 g/mol. The van der Waals surface area contributed by atoms with E-state index in [0.29, 0.717) is 18.4 Å². The molecule has 0 bridgehead atoms. The zero-order valence-corrected chi connectivity index (χ0v) is 9.36. The number of carbonyl (C=O) groups excluding carboxylic acids is 1. The van der Waals surface area contributed by atoms with E-state index in [4.69, 9.17) is 5.11 Å². The van der Waals surface area contributed by atoms with Crippen molar-refractivity contribution in [2.75, 3.05) is 13.6 Å². The molecule has 0 spiro atoms. The lowest BCUT2D eigenvalue weighted by Crippen LogP contribution is -2.40. The lowest BCUT2D eigenvalue weighted by molar-refractivity contribution is -0.118. The first-order chi connectivity index (χ1) is 6.49. The maximum absolute atomic E-state index is 10.9. The Morgan fingerprint density at radius 1 is 1.57 bits per heavy atom. The van der Waals surface area contributed by atoms with Gasteiger partial charge in [-0.25, -0.2) is 0 Å². The predicted octanol–water partition coefficient (Wildman–Crippen LogP) is 1.06. The third-order valence-electron chi connectivity index (χ3n) is 3.09. The van der Waals surface area contributed by atoms with Crippen molar-refractivity contribution in [3.8, 4) is 0 Å². The number of carbonyl (C=O) groups is 1. The van der Waals surface area contributed by atoms with Crippen LogP contribution in [-0.2, 0) is 4.79 Å². The summed E-state index contributed by atoms with van der Waals surface area (Å²) in [5.41, 5.74) is 0. The molecule has 0 heterocycles. The molecule has 1 N–H and O–H groups in total. The third-order valence-corrected chi connectivity index (χ3v) is 3.09. The van der Waals surface area contributed by atoms with Crippen LogP contribution in [0.5, 0.6) is 0 Å². The van der Waals surface area contributed by atoms with Crippen LogP contribution in [-0.4, -0.2) is 41.5 Å². The fraction of sp³-hybridized carbons (Fsp3) is 0.909. The second-order valence-corrected chi connectivity index (χ2v) is 4.69. The Bertz CT molecular complexity index is 199. The zero-order valence-electron chi connectivity index (χ0n) is 9.36. The van der Waals surface area contributed by atoms with Crippen LogP contribution >= 0.6 is 0 Å². The van der Waals surface area contributed by atoms with Crippen LogP contribution in [0.1, 0.15) is 33.1 Å². The number of hydrogen-bond acceptors (Lipinski definition) is 3. The van der Waals surface area contributed by atoms with Gasteiger partial charge in [0.15, 0.2) is 0 Å². The van der Waals surface area contributed by atoms with Crippen LogP contribution in [0, 0.1) is 5.92 Å². The number of rotatable bonds is 5. The summed E-state index contributed by atoms with van der Waals surface area (Å²) >= 11 is 0. The molecule has 0 amide bonds. The Morgan fingerprint density at radius 3 is 2.57 bits per heavy atom. The van der Waals surface area contributed by atoms with E-state index in [1.54, 1.807) is 6.92 Å². The van der Waals surface area contributed by atoms with E-state index < -0.39 is 0 Å². The fourth-order valence-electron chi connectivity index (χ4n) is 2.01. The van der Waals surface area contributed by atoms with Gasteiger partial charge in [-0.15, -0.1) is 0 Å². The maximum atomic E-state index is 10.9. The highest BCUT2D eigenvalue weighted by Gasteiger charge is 2.28. The highest BCUT2D eigenvalue weighted by atomic mass is 16.3. The number of nitrogens with zero attached hydrogens (tertiary/aromatic N) is 1. The summed E-state index contributed by atoms with van der Waals surface area (Å²) in [6.45, 7) is 4.72. The minimum Gasteiger partial charge on any atom is -0.393 e. The molecule has 3 nitrogen and oxygen atoms in total. The topological polar surface area (TPSA) is 40.5 Å². The summed E-state index contributed by atoms with van der Waals surface area (Å²) in [6.07, 6.45) is 2.41. The molecular formula is C11H21NO2. The van der Waals surface area contributed by atoms with E-state index in [1.165, 1.54) is 0 Å². The zero-order chi connectivity index (χ0) is 10.7. The molecule has 1 aliphatic rings. The highest BCUT2D eigenvalue weighted by molar-refractivity contribution is 5.76. The van der Waals surface area contributed by atoms with Crippen molar-refractivity contribution in [1.82, 2.24) is 4.90 Å². The normalized spacial score (nSPS) is 28.6. The lowest BCUT2D eigenvalue weighted by Gasteiger charge is -2.36. The molecule has 0 aromatic heterocycles. The summed E-state index contributed by atoms with van der Waals surface area (Å²) in [6, 6.07) is 0.324. The van der Waals surface area contributed by atoms with Crippen LogP contribution in [0.15, 0.2) is 0 Å². The molecule has 1 unspecified atom stereocenters. The largest absolute Gasteiger partial charge is 0.393 e. The average Bonchev–Trinajstić information content (AvgIpc) is 2.00. The molecule has 1 aliphatic carbocycles. The Labute approximate surface area is 86.1 Å². The van der Waals surface area contributed by atoms with Gasteiger partial charge in [-0.05, 0) is 39.7 Å². The second kappa shape index (κ2) is 4.89. The van der Waals surface area contributed by atoms with E-state index in [2.05, 4.69) is 18.9 Å². The van der Waals surface area contributed by atoms with Crippen LogP contribution in [0.25, 0.3) is 0 Å². The highest BCUT2D eigenvalue weighted by Crippen LogP contribution is 2.28. The number of aliphatic hydroxyl groups is 1. The van der Waals surface area contributed by atoms with Crippen molar-refractivity contribution >= 4 is 5.78 Å². The predicted molar refractivity (Wildman–Crippen MR) is 56.1 cm³/mol. The van der Waals surface area contributed by atoms with Gasteiger partial charge in [0.1, 0.15) is 5.78 Å². The maximum Gasteiger partial charge on any atom is 0.131 e. The van der Waals surface area contributed by atoms with Crippen LogP contribution in [0.2, 0.25) is 0 Å². The minimum atomic E-state index is -0.0727. The standard InChI is InChI=1S/C11H21NO2/c1-8(4-9(2)13)12(3)7-10-5-11(14)6-10/h8,10-11,14H,4-7H2,1-3H3. The molecule has 1 rings (SSSR count). The van der Waals surface area contributed by atoms with Crippen molar-refractivity contribution in [3.63, 3.8) is 0 Å². The molecule has 0 saturated heterocycles. The molecule has 3 heteroatoms. The van der Waals surface area contributed by atoms with Gasteiger partial charge in [0.05, 0.1) is 6.10 Å². The second-order valence-electron chi connectivity index (χ2n) is 4.69. The van der Waals surface area contributed by atoms with Crippen molar-refractivity contribution in [2.24, 2.45) is 5.92 Å². The van der Waals surface area contributed by atoms with Gasteiger partial charge in [0.25, 0.3) is 0 Å². The Morgan fingerprint density at radius 2 is 2.14 bits per heavy atom. The molecule has 0 aliphatic heterocycles. The summed E-state index contributed by atoms with van der Waals surface area (Å²) in [5.74, 6) is 0.877. The van der Waals surface area contributed by atoms with Gasteiger partial charge in [-0.1, -0.05) is 0 Å². The van der Waals surface area contributed by atoms with Crippen molar-refractivity contribution < 1.29 is 9.90 Å². The van der Waals surface area contributed by atoms with Gasteiger partial charge in [0.2, 0.25) is 0 Å². The molecule has 14 heavy (non-hydrogen) atoms. The number of hydrogen-bond donors (Lipinski definition) is 1. The van der Waals surface area contributed by atoms with Gasteiger partial charge >= 0.3 is 0 Å². The monoisotopic (exact) mass is 199 g/mol. The quantitative estimate of drug-likeness (QED) is 0.719. The van der Waals surface area contributed by atoms with E-state index in [0.717, 1.165) is 19.4 Å². The van der Waals surface area contributed by atoms with Crippen LogP contribution in [0.4, 0.5) is 0 Å². The Balaban J connectivity index is 2.20. The van der Waals surface area contributed by atoms with Gasteiger partial charge in [0, 0.05) is 19.0 Å². The van der Waals surface area contributed by atoms with Gasteiger partial charge in [-0.3, -0.25) is 4.79 Å². The summed E-state index contributed by atoms with van der Waals surface area (Å²) in [7, 11) is 2.05. The van der Waals surface area contributed by atoms with Crippen LogP contribution in [0.3, 0.4) is 0 Å². The molecule has 82 valence electrons. The van der Waals surface area contributed by atoms with Gasteiger partial charge < -0.3 is 10.0 Å². The van der Waals surface area contributed by atoms with Crippen LogP contribution < -0.4 is 0 Å². The molecule has 0 aromatic carbocycles. The SMILES string of the molecule is CC(=O)CC(C)N(C)CC1CC(O)C1. The van der Waals surface area contributed by atoms with Crippen molar-refractivity contribution in [2.45, 2.75) is 45.3 Å². The summed E-state index contributed by atoms with van der Waals surface area (Å²) in [4.78, 5) is 13.1. The lowest BCUT2D eigenvalue weighted by atomic mass is 9.82.